The number of epoxide rings is 1. The normalized spacial score (nSPS) is 47.2. The summed E-state index contributed by atoms with van der Waals surface area (Å²) in [5.74, 6) is 0. The van der Waals surface area contributed by atoms with Crippen molar-refractivity contribution in [2.24, 2.45) is 5.41 Å². The minimum atomic E-state index is -0.273. The Morgan fingerprint density at radius 1 is 1.31 bits per heavy atom. The second-order valence-corrected chi connectivity index (χ2v) is 6.49. The molecule has 1 aliphatic carbocycles. The Balaban J connectivity index is 2.14. The van der Waals surface area contributed by atoms with Crippen molar-refractivity contribution in [2.75, 3.05) is 0 Å². The van der Waals surface area contributed by atoms with Crippen LogP contribution in [0.1, 0.15) is 53.4 Å². The third-order valence-corrected chi connectivity index (χ3v) is 4.59. The topological polar surface area (TPSA) is 53.0 Å². The van der Waals surface area contributed by atoms with Crippen LogP contribution in [0.3, 0.4) is 0 Å². The van der Waals surface area contributed by atoms with Crippen molar-refractivity contribution in [3.05, 3.63) is 0 Å². The molecule has 3 nitrogen and oxygen atoms in total. The van der Waals surface area contributed by atoms with Gasteiger partial charge < -0.3 is 14.9 Å². The van der Waals surface area contributed by atoms with Crippen LogP contribution in [0.4, 0.5) is 0 Å². The fourth-order valence-electron chi connectivity index (χ4n) is 3.76. The molecule has 2 rings (SSSR count). The molecule has 0 bridgehead atoms. The molecule has 2 aliphatic rings. The highest BCUT2D eigenvalue weighted by Gasteiger charge is 2.75. The van der Waals surface area contributed by atoms with Crippen molar-refractivity contribution < 1.29 is 14.9 Å². The minimum Gasteiger partial charge on any atom is -0.393 e. The maximum absolute atomic E-state index is 9.87. The van der Waals surface area contributed by atoms with Crippen molar-refractivity contribution in [2.45, 2.75) is 76.8 Å². The first-order valence-electron chi connectivity index (χ1n) is 6.29. The Bertz CT molecular complexity index is 287. The van der Waals surface area contributed by atoms with Gasteiger partial charge in [-0.1, -0.05) is 13.8 Å². The van der Waals surface area contributed by atoms with Gasteiger partial charge >= 0.3 is 0 Å². The van der Waals surface area contributed by atoms with Crippen LogP contribution in [0.25, 0.3) is 0 Å². The third kappa shape index (κ3) is 1.60. The first-order valence-corrected chi connectivity index (χ1v) is 6.29. The highest BCUT2D eigenvalue weighted by atomic mass is 16.6. The molecule has 0 aromatic heterocycles. The molecule has 2 fully saturated rings. The Hall–Kier alpha value is -0.120. The minimum absolute atomic E-state index is 0.00565. The van der Waals surface area contributed by atoms with Crippen LogP contribution in [0, 0.1) is 5.41 Å². The monoisotopic (exact) mass is 228 g/mol. The van der Waals surface area contributed by atoms with E-state index >= 15 is 0 Å². The van der Waals surface area contributed by atoms with E-state index in [1.165, 1.54) is 0 Å². The molecule has 4 atom stereocenters. The van der Waals surface area contributed by atoms with Crippen molar-refractivity contribution in [3.8, 4) is 0 Å². The summed E-state index contributed by atoms with van der Waals surface area (Å²) in [6.45, 7) is 8.26. The van der Waals surface area contributed by atoms with Gasteiger partial charge in [0.1, 0.15) is 5.60 Å². The van der Waals surface area contributed by atoms with Crippen LogP contribution in [-0.4, -0.2) is 33.6 Å². The summed E-state index contributed by atoms with van der Waals surface area (Å²) in [5, 5.41) is 19.3. The lowest BCUT2D eigenvalue weighted by molar-refractivity contribution is 0.0256. The predicted molar refractivity (Wildman–Crippen MR) is 62.2 cm³/mol. The summed E-state index contributed by atoms with van der Waals surface area (Å²) in [6.07, 6.45) is 2.67. The Kier molecular flexibility index (Phi) is 2.65. The van der Waals surface area contributed by atoms with Gasteiger partial charge in [-0.15, -0.1) is 0 Å². The van der Waals surface area contributed by atoms with Gasteiger partial charge in [0.2, 0.25) is 0 Å². The number of hydrogen-bond donors (Lipinski definition) is 2. The SMILES string of the molecule is C[C@H](O)CC[C@@]12O[C@]1(C)C[C@H](O)CC2(C)C. The van der Waals surface area contributed by atoms with Gasteiger partial charge in [0, 0.05) is 6.42 Å². The van der Waals surface area contributed by atoms with E-state index in [2.05, 4.69) is 20.8 Å². The molecule has 1 aliphatic heterocycles. The molecule has 0 amide bonds. The van der Waals surface area contributed by atoms with Crippen LogP contribution in [0.15, 0.2) is 0 Å². The molecule has 0 unspecified atom stereocenters. The Labute approximate surface area is 97.8 Å². The van der Waals surface area contributed by atoms with Crippen LogP contribution >= 0.6 is 0 Å². The maximum atomic E-state index is 9.87. The van der Waals surface area contributed by atoms with Crippen molar-refractivity contribution >= 4 is 0 Å². The summed E-state index contributed by atoms with van der Waals surface area (Å²) in [5.41, 5.74) is -0.312. The lowest BCUT2D eigenvalue weighted by atomic mass is 9.61. The third-order valence-electron chi connectivity index (χ3n) is 4.59. The number of fused-ring (bicyclic) bond motifs is 1. The van der Waals surface area contributed by atoms with E-state index in [0.29, 0.717) is 0 Å². The maximum Gasteiger partial charge on any atom is 0.103 e. The quantitative estimate of drug-likeness (QED) is 0.725. The van der Waals surface area contributed by atoms with Gasteiger partial charge in [0.15, 0.2) is 0 Å². The van der Waals surface area contributed by atoms with E-state index < -0.39 is 0 Å². The Morgan fingerprint density at radius 3 is 2.44 bits per heavy atom. The van der Waals surface area contributed by atoms with Crippen LogP contribution in [0.2, 0.25) is 0 Å². The van der Waals surface area contributed by atoms with E-state index in [9.17, 15) is 10.2 Å². The summed E-state index contributed by atoms with van der Waals surface area (Å²) in [6, 6.07) is 0. The van der Waals surface area contributed by atoms with E-state index in [1.54, 1.807) is 0 Å². The number of aliphatic hydroxyl groups excluding tert-OH is 2. The van der Waals surface area contributed by atoms with Gasteiger partial charge in [-0.3, -0.25) is 0 Å². The molecular weight excluding hydrogens is 204 g/mol. The number of rotatable bonds is 3. The average molecular weight is 228 g/mol. The molecular formula is C13H24O3. The zero-order valence-corrected chi connectivity index (χ0v) is 10.8. The number of hydrogen-bond acceptors (Lipinski definition) is 3. The first kappa shape index (κ1) is 12.3. The molecule has 0 radical (unpaired) electrons. The second-order valence-electron chi connectivity index (χ2n) is 6.49. The van der Waals surface area contributed by atoms with Crippen LogP contribution in [-0.2, 0) is 4.74 Å². The van der Waals surface area contributed by atoms with Crippen LogP contribution < -0.4 is 0 Å². The molecule has 16 heavy (non-hydrogen) atoms. The number of ether oxygens (including phenoxy) is 1. The molecule has 1 saturated carbocycles. The zero-order valence-electron chi connectivity index (χ0n) is 10.8. The lowest BCUT2D eigenvalue weighted by Crippen LogP contribution is -2.47. The summed E-state index contributed by atoms with van der Waals surface area (Å²) in [4.78, 5) is 0. The summed E-state index contributed by atoms with van der Waals surface area (Å²) >= 11 is 0. The summed E-state index contributed by atoms with van der Waals surface area (Å²) in [7, 11) is 0. The zero-order chi connectivity index (χ0) is 12.2. The van der Waals surface area contributed by atoms with Crippen molar-refractivity contribution in [1.29, 1.82) is 0 Å². The molecule has 94 valence electrons. The highest BCUT2D eigenvalue weighted by molar-refractivity contribution is 5.23. The average Bonchev–Trinajstić information content (AvgIpc) is 2.67. The second kappa shape index (κ2) is 3.44. The van der Waals surface area contributed by atoms with E-state index in [0.717, 1.165) is 25.7 Å². The lowest BCUT2D eigenvalue weighted by Gasteiger charge is -2.40. The number of aliphatic hydroxyl groups is 2. The molecule has 0 spiro atoms. The molecule has 3 heteroatoms. The van der Waals surface area contributed by atoms with Gasteiger partial charge in [-0.05, 0) is 38.5 Å². The standard InChI is InChI=1S/C13H24O3/c1-9(14)5-6-13-11(2,3)7-10(15)8-12(13,4)16-13/h9-10,14-15H,5-8H2,1-4H3/t9-,10+,12+,13-/m0/s1. The highest BCUT2D eigenvalue weighted by Crippen LogP contribution is 2.67. The Morgan fingerprint density at radius 2 is 1.94 bits per heavy atom. The molecule has 0 aromatic rings. The fourth-order valence-corrected chi connectivity index (χ4v) is 3.76. The fraction of sp³-hybridized carbons (Fsp3) is 1.00. The molecule has 1 heterocycles. The smallest absolute Gasteiger partial charge is 0.103 e. The van der Waals surface area contributed by atoms with E-state index in [-0.39, 0.29) is 28.8 Å². The molecule has 0 aromatic carbocycles. The largest absolute Gasteiger partial charge is 0.393 e. The van der Waals surface area contributed by atoms with Crippen molar-refractivity contribution in [1.82, 2.24) is 0 Å². The van der Waals surface area contributed by atoms with Gasteiger partial charge in [0.05, 0.1) is 17.8 Å². The van der Waals surface area contributed by atoms with E-state index in [1.807, 2.05) is 6.92 Å². The predicted octanol–water partition coefficient (Wildman–Crippen LogP) is 1.86. The van der Waals surface area contributed by atoms with Crippen LogP contribution in [0.5, 0.6) is 0 Å². The molecule has 1 saturated heterocycles. The first-order chi connectivity index (χ1) is 7.22. The van der Waals surface area contributed by atoms with Gasteiger partial charge in [0.25, 0.3) is 0 Å². The molecule has 2 N–H and O–H groups in total. The van der Waals surface area contributed by atoms with E-state index in [4.69, 9.17) is 4.74 Å². The summed E-state index contributed by atoms with van der Waals surface area (Å²) < 4.78 is 6.02. The van der Waals surface area contributed by atoms with Gasteiger partial charge in [-0.25, -0.2) is 0 Å². The van der Waals surface area contributed by atoms with Crippen molar-refractivity contribution in [3.63, 3.8) is 0 Å². The van der Waals surface area contributed by atoms with Gasteiger partial charge in [-0.2, -0.15) is 0 Å².